The number of hydrogen-bond acceptors (Lipinski definition) is 2. The molecule has 0 spiro atoms. The second-order valence-corrected chi connectivity index (χ2v) is 8.95. The monoisotopic (exact) mass is 461 g/mol. The molecule has 5 nitrogen and oxygen atoms in total. The van der Waals surface area contributed by atoms with E-state index in [1.54, 1.807) is 24.3 Å². The number of halogens is 1. The van der Waals surface area contributed by atoms with Crippen molar-refractivity contribution >= 4 is 29.2 Å². The van der Waals surface area contributed by atoms with Crippen LogP contribution in [0.3, 0.4) is 0 Å². The summed E-state index contributed by atoms with van der Waals surface area (Å²) < 4.78 is 0. The number of hydrogen-bond donors (Lipinski definition) is 2. The van der Waals surface area contributed by atoms with E-state index in [0.717, 1.165) is 29.7 Å². The lowest BCUT2D eigenvalue weighted by atomic mass is 9.89. The minimum Gasteiger partial charge on any atom is -0.348 e. The number of nitrogens with one attached hydrogen (secondary N) is 2. The Balaban J connectivity index is 1.37. The number of amides is 3. The molecule has 1 fully saturated rings. The van der Waals surface area contributed by atoms with E-state index >= 15 is 0 Å². The predicted octanol–water partition coefficient (Wildman–Crippen LogP) is 5.99. The largest absolute Gasteiger partial charge is 0.348 e. The molecule has 3 aromatic carbocycles. The summed E-state index contributed by atoms with van der Waals surface area (Å²) in [7, 11) is 0. The Kier molecular flexibility index (Phi) is 7.30. The standard InChI is InChI=1S/C27H28ClN3O2/c1-19-7-9-20(10-8-19)17-29-26(32)22-5-2-4-21(16-22)23-6-3-15-31(18-23)27(33)30-25-13-11-24(28)12-14-25/h2,4-5,7-14,16,23H,3,6,15,17-18H2,1H3,(H,29,32)(H,30,33)/t23-/m1/s1. The Morgan fingerprint density at radius 3 is 2.55 bits per heavy atom. The average Bonchev–Trinajstić information content (AvgIpc) is 2.85. The molecule has 0 aromatic heterocycles. The first-order valence-electron chi connectivity index (χ1n) is 11.2. The van der Waals surface area contributed by atoms with Gasteiger partial charge in [0.15, 0.2) is 0 Å². The van der Waals surface area contributed by atoms with Crippen LogP contribution in [-0.2, 0) is 6.54 Å². The maximum atomic E-state index is 12.8. The maximum Gasteiger partial charge on any atom is 0.321 e. The molecule has 2 N–H and O–H groups in total. The molecule has 170 valence electrons. The summed E-state index contributed by atoms with van der Waals surface area (Å²) in [6.07, 6.45) is 1.90. The van der Waals surface area contributed by atoms with Crippen molar-refractivity contribution in [1.29, 1.82) is 0 Å². The second-order valence-electron chi connectivity index (χ2n) is 8.52. The zero-order valence-corrected chi connectivity index (χ0v) is 19.4. The highest BCUT2D eigenvalue weighted by Gasteiger charge is 2.25. The third-order valence-corrected chi connectivity index (χ3v) is 6.25. The number of aryl methyl sites for hydroxylation is 1. The number of nitrogens with zero attached hydrogens (tertiary/aromatic N) is 1. The second kappa shape index (κ2) is 10.5. The van der Waals surface area contributed by atoms with Crippen molar-refractivity contribution in [2.24, 2.45) is 0 Å². The van der Waals surface area contributed by atoms with Gasteiger partial charge in [0.05, 0.1) is 0 Å². The van der Waals surface area contributed by atoms with Crippen molar-refractivity contribution in [1.82, 2.24) is 10.2 Å². The minimum atomic E-state index is -0.117. The third-order valence-electron chi connectivity index (χ3n) is 6.00. The number of benzene rings is 3. The summed E-state index contributed by atoms with van der Waals surface area (Å²) in [4.78, 5) is 27.3. The summed E-state index contributed by atoms with van der Waals surface area (Å²) in [5, 5.41) is 6.57. The number of piperidine rings is 1. The summed E-state index contributed by atoms with van der Waals surface area (Å²) in [5.41, 5.74) is 4.71. The first-order valence-corrected chi connectivity index (χ1v) is 11.6. The lowest BCUT2D eigenvalue weighted by Gasteiger charge is -2.33. The number of urea groups is 1. The number of carbonyl (C=O) groups is 2. The van der Waals surface area contributed by atoms with Crippen molar-refractivity contribution in [2.75, 3.05) is 18.4 Å². The fraction of sp³-hybridized carbons (Fsp3) is 0.259. The Labute approximate surface area is 199 Å². The number of carbonyl (C=O) groups excluding carboxylic acids is 2. The van der Waals surface area contributed by atoms with Gasteiger partial charge in [-0.2, -0.15) is 0 Å². The molecule has 0 aliphatic carbocycles. The molecule has 3 aromatic rings. The summed E-state index contributed by atoms with van der Waals surface area (Å²) >= 11 is 5.92. The zero-order valence-electron chi connectivity index (χ0n) is 18.7. The van der Waals surface area contributed by atoms with Crippen LogP contribution in [0.1, 0.15) is 45.8 Å². The van der Waals surface area contributed by atoms with Gasteiger partial charge < -0.3 is 15.5 Å². The van der Waals surface area contributed by atoms with Crippen molar-refractivity contribution in [2.45, 2.75) is 32.2 Å². The number of rotatable bonds is 5. The SMILES string of the molecule is Cc1ccc(CNC(=O)c2cccc([C@@H]3CCCN(C(=O)Nc4ccc(Cl)cc4)C3)c2)cc1. The van der Waals surface area contributed by atoms with E-state index in [9.17, 15) is 9.59 Å². The van der Waals surface area contributed by atoms with Crippen LogP contribution >= 0.6 is 11.6 Å². The van der Waals surface area contributed by atoms with Gasteiger partial charge in [-0.05, 0) is 67.3 Å². The molecule has 4 rings (SSSR count). The van der Waals surface area contributed by atoms with E-state index in [-0.39, 0.29) is 17.9 Å². The van der Waals surface area contributed by atoms with Crippen molar-refractivity contribution in [3.63, 3.8) is 0 Å². The van der Waals surface area contributed by atoms with Crippen LogP contribution in [0.25, 0.3) is 0 Å². The molecular formula is C27H28ClN3O2. The van der Waals surface area contributed by atoms with Gasteiger partial charge in [-0.3, -0.25) is 4.79 Å². The van der Waals surface area contributed by atoms with E-state index < -0.39 is 0 Å². The number of likely N-dealkylation sites (tertiary alicyclic amines) is 1. The predicted molar refractivity (Wildman–Crippen MR) is 133 cm³/mol. The van der Waals surface area contributed by atoms with E-state index in [4.69, 9.17) is 11.6 Å². The average molecular weight is 462 g/mol. The molecule has 1 aliphatic rings. The first kappa shape index (κ1) is 22.9. The molecule has 1 atom stereocenters. The Morgan fingerprint density at radius 1 is 1.03 bits per heavy atom. The zero-order chi connectivity index (χ0) is 23.2. The Morgan fingerprint density at radius 2 is 1.79 bits per heavy atom. The van der Waals surface area contributed by atoms with E-state index in [1.165, 1.54) is 5.56 Å². The normalized spacial score (nSPS) is 15.7. The van der Waals surface area contributed by atoms with Gasteiger partial charge in [-0.15, -0.1) is 0 Å². The molecule has 0 saturated carbocycles. The van der Waals surface area contributed by atoms with Gasteiger partial charge in [-0.25, -0.2) is 4.79 Å². The molecule has 3 amide bonds. The van der Waals surface area contributed by atoms with Gasteiger partial charge in [0.25, 0.3) is 5.91 Å². The van der Waals surface area contributed by atoms with Crippen LogP contribution in [0.5, 0.6) is 0 Å². The quantitative estimate of drug-likeness (QED) is 0.490. The van der Waals surface area contributed by atoms with Crippen molar-refractivity contribution < 1.29 is 9.59 Å². The van der Waals surface area contributed by atoms with Gasteiger partial charge in [0.1, 0.15) is 0 Å². The van der Waals surface area contributed by atoms with E-state index in [0.29, 0.717) is 30.2 Å². The summed E-state index contributed by atoms with van der Waals surface area (Å²) in [6, 6.07) is 22.9. The first-order chi connectivity index (χ1) is 16.0. The van der Waals surface area contributed by atoms with Crippen molar-refractivity contribution in [3.05, 3.63) is 100 Å². The van der Waals surface area contributed by atoms with E-state index in [2.05, 4.69) is 10.6 Å². The minimum absolute atomic E-state index is 0.0921. The van der Waals surface area contributed by atoms with Gasteiger partial charge in [-0.1, -0.05) is 53.6 Å². The third kappa shape index (κ3) is 6.14. The Bertz CT molecular complexity index is 1110. The molecule has 0 radical (unpaired) electrons. The highest BCUT2D eigenvalue weighted by Crippen LogP contribution is 2.28. The molecule has 6 heteroatoms. The summed E-state index contributed by atoms with van der Waals surface area (Å²) in [5.74, 6) is 0.102. The fourth-order valence-corrected chi connectivity index (χ4v) is 4.22. The fourth-order valence-electron chi connectivity index (χ4n) is 4.09. The number of anilines is 1. The molecule has 0 bridgehead atoms. The summed E-state index contributed by atoms with van der Waals surface area (Å²) in [6.45, 7) is 3.87. The molecule has 1 aliphatic heterocycles. The van der Waals surface area contributed by atoms with Crippen LogP contribution in [-0.4, -0.2) is 29.9 Å². The molecule has 0 unspecified atom stereocenters. The van der Waals surface area contributed by atoms with Crippen LogP contribution in [0.4, 0.5) is 10.5 Å². The molecule has 1 heterocycles. The smallest absolute Gasteiger partial charge is 0.321 e. The topological polar surface area (TPSA) is 61.4 Å². The van der Waals surface area contributed by atoms with Crippen LogP contribution < -0.4 is 10.6 Å². The highest BCUT2D eigenvalue weighted by molar-refractivity contribution is 6.30. The molecule has 33 heavy (non-hydrogen) atoms. The maximum absolute atomic E-state index is 12.8. The van der Waals surface area contributed by atoms with Crippen LogP contribution in [0.15, 0.2) is 72.8 Å². The van der Waals surface area contributed by atoms with Crippen LogP contribution in [0, 0.1) is 6.92 Å². The van der Waals surface area contributed by atoms with E-state index in [1.807, 2.05) is 60.4 Å². The van der Waals surface area contributed by atoms with Crippen molar-refractivity contribution in [3.8, 4) is 0 Å². The van der Waals surface area contributed by atoms with Gasteiger partial charge in [0.2, 0.25) is 0 Å². The molecular weight excluding hydrogens is 434 g/mol. The lowest BCUT2D eigenvalue weighted by molar-refractivity contribution is 0.0950. The highest BCUT2D eigenvalue weighted by atomic mass is 35.5. The van der Waals surface area contributed by atoms with Crippen LogP contribution in [0.2, 0.25) is 5.02 Å². The lowest BCUT2D eigenvalue weighted by Crippen LogP contribution is -2.41. The van der Waals surface area contributed by atoms with Gasteiger partial charge in [0, 0.05) is 41.8 Å². The molecule has 1 saturated heterocycles. The van der Waals surface area contributed by atoms with Gasteiger partial charge >= 0.3 is 6.03 Å². The Hall–Kier alpha value is -3.31.